The number of anilines is 2. The Hall–Kier alpha value is -3.63. The van der Waals surface area contributed by atoms with E-state index in [1.54, 1.807) is 41.3 Å². The van der Waals surface area contributed by atoms with Crippen molar-refractivity contribution in [1.29, 1.82) is 0 Å². The molecule has 0 aromatic heterocycles. The third kappa shape index (κ3) is 5.39. The summed E-state index contributed by atoms with van der Waals surface area (Å²) >= 11 is 6.09. The molecule has 1 aliphatic rings. The van der Waals surface area contributed by atoms with Gasteiger partial charge in [0.2, 0.25) is 5.91 Å². The summed E-state index contributed by atoms with van der Waals surface area (Å²) in [6, 6.07) is 20.7. The second-order valence-corrected chi connectivity index (χ2v) is 10.2. The quantitative estimate of drug-likeness (QED) is 0.351. The van der Waals surface area contributed by atoms with Crippen LogP contribution in [0.5, 0.6) is 0 Å². The van der Waals surface area contributed by atoms with Crippen LogP contribution in [0.15, 0.2) is 83.8 Å². The van der Waals surface area contributed by atoms with Gasteiger partial charge in [0.15, 0.2) is 4.90 Å². The fraction of sp³-hybridized carbons (Fsp3) is 0.208. The monoisotopic (exact) mass is 514 g/mol. The number of rotatable bonds is 7. The molecule has 9 nitrogen and oxygen atoms in total. The van der Waals surface area contributed by atoms with Gasteiger partial charge in [-0.05, 0) is 36.4 Å². The van der Waals surface area contributed by atoms with Crippen molar-refractivity contribution in [2.24, 2.45) is 0 Å². The number of nitrogens with zero attached hydrogens (tertiary/aromatic N) is 4. The van der Waals surface area contributed by atoms with Gasteiger partial charge in [-0.2, -0.15) is 0 Å². The molecule has 0 unspecified atom stereocenters. The van der Waals surface area contributed by atoms with E-state index in [0.29, 0.717) is 31.2 Å². The summed E-state index contributed by atoms with van der Waals surface area (Å²) in [5.74, 6) is -0.387. The van der Waals surface area contributed by atoms with Crippen LogP contribution in [0, 0.1) is 10.1 Å². The molecule has 1 amide bonds. The fourth-order valence-corrected chi connectivity index (χ4v) is 5.72. The summed E-state index contributed by atoms with van der Waals surface area (Å²) < 4.78 is 28.1. The molecule has 1 saturated heterocycles. The standard InChI is InChI=1S/C24H23ClN4O5S/c25-19-7-6-10-21(17-19)26-13-15-27(16-14-26)24(30)18-28(20-8-2-1-3-9-20)35(33,34)23-12-5-4-11-22(23)29(31)32/h1-12,17H,13-16,18H2. The van der Waals surface area contributed by atoms with Crippen molar-refractivity contribution in [3.8, 4) is 0 Å². The molecule has 1 heterocycles. The normalized spacial score (nSPS) is 14.0. The van der Waals surface area contributed by atoms with Crippen LogP contribution in [-0.2, 0) is 14.8 Å². The van der Waals surface area contributed by atoms with Crippen LogP contribution in [0.3, 0.4) is 0 Å². The van der Waals surface area contributed by atoms with E-state index >= 15 is 0 Å². The van der Waals surface area contributed by atoms with Crippen molar-refractivity contribution in [2.45, 2.75) is 4.90 Å². The van der Waals surface area contributed by atoms with Gasteiger partial charge < -0.3 is 9.80 Å². The van der Waals surface area contributed by atoms with E-state index in [1.807, 2.05) is 18.2 Å². The van der Waals surface area contributed by atoms with Crippen molar-refractivity contribution in [2.75, 3.05) is 41.9 Å². The Bertz CT molecular complexity index is 1330. The summed E-state index contributed by atoms with van der Waals surface area (Å²) in [6.07, 6.45) is 0. The first-order valence-corrected chi connectivity index (χ1v) is 12.7. The van der Waals surface area contributed by atoms with Gasteiger partial charge in [-0.15, -0.1) is 0 Å². The molecule has 182 valence electrons. The number of amides is 1. The number of nitro benzene ring substituents is 1. The molecule has 11 heteroatoms. The first kappa shape index (κ1) is 24.5. The van der Waals surface area contributed by atoms with Crippen LogP contribution in [0.4, 0.5) is 17.1 Å². The molecule has 3 aromatic carbocycles. The van der Waals surface area contributed by atoms with Gasteiger partial charge in [0.1, 0.15) is 6.54 Å². The van der Waals surface area contributed by atoms with Gasteiger partial charge in [-0.1, -0.05) is 48.0 Å². The number of carbonyl (C=O) groups excluding carboxylic acids is 1. The van der Waals surface area contributed by atoms with Crippen molar-refractivity contribution in [3.63, 3.8) is 0 Å². The average Bonchev–Trinajstić information content (AvgIpc) is 2.87. The minimum absolute atomic E-state index is 0.247. The van der Waals surface area contributed by atoms with Crippen molar-refractivity contribution < 1.29 is 18.1 Å². The summed E-state index contributed by atoms with van der Waals surface area (Å²) in [5, 5.41) is 12.1. The lowest BCUT2D eigenvalue weighted by atomic mass is 10.2. The zero-order chi connectivity index (χ0) is 25.0. The maximum atomic E-state index is 13.6. The van der Waals surface area contributed by atoms with E-state index in [4.69, 9.17) is 11.6 Å². The average molecular weight is 515 g/mol. The Morgan fingerprint density at radius 1 is 0.943 bits per heavy atom. The first-order valence-electron chi connectivity index (χ1n) is 10.9. The zero-order valence-corrected chi connectivity index (χ0v) is 20.2. The Morgan fingerprint density at radius 3 is 2.26 bits per heavy atom. The number of para-hydroxylation sites is 2. The molecule has 35 heavy (non-hydrogen) atoms. The number of benzene rings is 3. The molecule has 0 saturated carbocycles. The second-order valence-electron chi connectivity index (χ2n) is 7.92. The summed E-state index contributed by atoms with van der Waals surface area (Å²) in [5.41, 5.74) is 0.655. The molecule has 0 radical (unpaired) electrons. The van der Waals surface area contributed by atoms with Crippen LogP contribution in [0.25, 0.3) is 0 Å². The molecular weight excluding hydrogens is 492 g/mol. The molecule has 3 aromatic rings. The minimum atomic E-state index is -4.40. The molecule has 0 N–H and O–H groups in total. The van der Waals surface area contributed by atoms with Gasteiger partial charge in [0, 0.05) is 43.0 Å². The number of piperazine rings is 1. The van der Waals surface area contributed by atoms with E-state index in [9.17, 15) is 23.3 Å². The Balaban J connectivity index is 1.56. The van der Waals surface area contributed by atoms with Crippen LogP contribution in [-0.4, -0.2) is 56.9 Å². The maximum absolute atomic E-state index is 13.6. The van der Waals surface area contributed by atoms with Crippen LogP contribution >= 0.6 is 11.6 Å². The van der Waals surface area contributed by atoms with Crippen molar-refractivity contribution >= 4 is 44.6 Å². The number of hydrogen-bond donors (Lipinski definition) is 0. The van der Waals surface area contributed by atoms with Crippen molar-refractivity contribution in [3.05, 3.63) is 94.0 Å². The number of nitro groups is 1. The van der Waals surface area contributed by atoms with E-state index in [2.05, 4.69) is 4.90 Å². The molecule has 0 bridgehead atoms. The van der Waals surface area contributed by atoms with Gasteiger partial charge >= 0.3 is 0 Å². The summed E-state index contributed by atoms with van der Waals surface area (Å²) in [7, 11) is -4.40. The highest BCUT2D eigenvalue weighted by molar-refractivity contribution is 7.93. The van der Waals surface area contributed by atoms with Gasteiger partial charge in [0.25, 0.3) is 15.7 Å². The number of halogens is 1. The summed E-state index contributed by atoms with van der Waals surface area (Å²) in [6.45, 7) is 1.46. The van der Waals surface area contributed by atoms with E-state index in [-0.39, 0.29) is 11.6 Å². The largest absolute Gasteiger partial charge is 0.368 e. The Labute approximate surface area is 208 Å². The molecule has 0 atom stereocenters. The lowest BCUT2D eigenvalue weighted by Crippen LogP contribution is -2.52. The first-order chi connectivity index (χ1) is 16.8. The minimum Gasteiger partial charge on any atom is -0.368 e. The highest BCUT2D eigenvalue weighted by atomic mass is 35.5. The number of hydrogen-bond acceptors (Lipinski definition) is 6. The highest BCUT2D eigenvalue weighted by Gasteiger charge is 2.34. The predicted octanol–water partition coefficient (Wildman–Crippen LogP) is 3.79. The smallest absolute Gasteiger partial charge is 0.289 e. The Morgan fingerprint density at radius 2 is 1.60 bits per heavy atom. The van der Waals surface area contributed by atoms with Crippen LogP contribution in [0.1, 0.15) is 0 Å². The molecule has 1 fully saturated rings. The maximum Gasteiger partial charge on any atom is 0.289 e. The fourth-order valence-electron chi connectivity index (χ4n) is 3.96. The van der Waals surface area contributed by atoms with Gasteiger partial charge in [-0.25, -0.2) is 8.42 Å². The van der Waals surface area contributed by atoms with E-state index in [1.165, 1.54) is 18.2 Å². The lowest BCUT2D eigenvalue weighted by Gasteiger charge is -2.37. The highest BCUT2D eigenvalue weighted by Crippen LogP contribution is 2.30. The molecule has 4 rings (SSSR count). The Kier molecular flexibility index (Phi) is 7.23. The van der Waals surface area contributed by atoms with Gasteiger partial charge in [0.05, 0.1) is 10.6 Å². The molecule has 0 spiro atoms. The molecule has 0 aliphatic carbocycles. The van der Waals surface area contributed by atoms with E-state index < -0.39 is 32.1 Å². The molecular formula is C24H23ClN4O5S. The topological polar surface area (TPSA) is 104 Å². The predicted molar refractivity (Wildman–Crippen MR) is 134 cm³/mol. The summed E-state index contributed by atoms with van der Waals surface area (Å²) in [4.78, 5) is 27.2. The third-order valence-electron chi connectivity index (χ3n) is 5.76. The van der Waals surface area contributed by atoms with E-state index in [0.717, 1.165) is 16.1 Å². The van der Waals surface area contributed by atoms with Crippen LogP contribution < -0.4 is 9.21 Å². The zero-order valence-electron chi connectivity index (χ0n) is 18.7. The third-order valence-corrected chi connectivity index (χ3v) is 7.82. The second kappa shape index (κ2) is 10.3. The van der Waals surface area contributed by atoms with Crippen LogP contribution in [0.2, 0.25) is 5.02 Å². The number of sulfonamides is 1. The lowest BCUT2D eigenvalue weighted by molar-refractivity contribution is -0.387. The van der Waals surface area contributed by atoms with Crippen molar-refractivity contribution in [1.82, 2.24) is 4.90 Å². The SMILES string of the molecule is O=C(CN(c1ccccc1)S(=O)(=O)c1ccccc1[N+](=O)[O-])N1CCN(c2cccc(Cl)c2)CC1. The molecule has 1 aliphatic heterocycles. The van der Waals surface area contributed by atoms with Gasteiger partial charge in [-0.3, -0.25) is 19.2 Å². The number of carbonyl (C=O) groups is 1.